The number of pyridine rings is 2. The zero-order valence-electron chi connectivity index (χ0n) is 20.3. The fourth-order valence-corrected chi connectivity index (χ4v) is 5.43. The summed E-state index contributed by atoms with van der Waals surface area (Å²) < 4.78 is 0. The molecular weight excluding hydrogens is 488 g/mol. The van der Waals surface area contributed by atoms with Gasteiger partial charge in [0.05, 0.1) is 17.6 Å². The predicted molar refractivity (Wildman–Crippen MR) is 157 cm³/mol. The van der Waals surface area contributed by atoms with Crippen LogP contribution in [0.3, 0.4) is 0 Å². The van der Waals surface area contributed by atoms with Crippen LogP contribution in [-0.2, 0) is 0 Å². The Morgan fingerprint density at radius 3 is 2.61 bits per heavy atom. The van der Waals surface area contributed by atoms with Gasteiger partial charge in [0, 0.05) is 45.5 Å². The van der Waals surface area contributed by atoms with Gasteiger partial charge in [-0.25, -0.2) is 4.98 Å². The topological polar surface area (TPSA) is 82.3 Å². The van der Waals surface area contributed by atoms with Crippen molar-refractivity contribution in [3.05, 3.63) is 114 Å². The monoisotopic (exact) mass is 510 g/mol. The number of aromatic nitrogens is 5. The van der Waals surface area contributed by atoms with Crippen molar-refractivity contribution in [1.82, 2.24) is 25.1 Å². The normalized spacial score (nSPS) is 11.3. The maximum atomic E-state index is 4.66. The molecule has 0 amide bonds. The lowest BCUT2D eigenvalue weighted by molar-refractivity contribution is 1.10. The lowest BCUT2D eigenvalue weighted by Crippen LogP contribution is -1.98. The Kier molecular flexibility index (Phi) is 5.34. The van der Waals surface area contributed by atoms with Crippen molar-refractivity contribution in [2.45, 2.75) is 0 Å². The Balaban J connectivity index is 1.25. The molecule has 5 heterocycles. The molecule has 0 saturated carbocycles. The van der Waals surface area contributed by atoms with Gasteiger partial charge in [0.25, 0.3) is 0 Å². The van der Waals surface area contributed by atoms with Gasteiger partial charge < -0.3 is 10.3 Å². The third kappa shape index (κ3) is 3.95. The lowest BCUT2D eigenvalue weighted by Gasteiger charge is -2.11. The molecule has 0 atom stereocenters. The van der Waals surface area contributed by atoms with Crippen LogP contribution in [0.5, 0.6) is 0 Å². The summed E-state index contributed by atoms with van der Waals surface area (Å²) in [5, 5.41) is 17.5. The van der Waals surface area contributed by atoms with Crippen LogP contribution in [-0.4, -0.2) is 25.1 Å². The molecule has 5 aromatic heterocycles. The van der Waals surface area contributed by atoms with Gasteiger partial charge >= 0.3 is 0 Å². The molecule has 0 saturated heterocycles. The van der Waals surface area contributed by atoms with E-state index in [0.717, 1.165) is 56.0 Å². The highest BCUT2D eigenvalue weighted by atomic mass is 32.1. The minimum Gasteiger partial charge on any atom is -0.354 e. The number of hydrogen-bond donors (Lipinski definition) is 3. The van der Waals surface area contributed by atoms with Crippen molar-refractivity contribution in [2.24, 2.45) is 0 Å². The van der Waals surface area contributed by atoms with Gasteiger partial charge in [0.1, 0.15) is 5.69 Å². The zero-order valence-corrected chi connectivity index (χ0v) is 21.1. The lowest BCUT2D eigenvalue weighted by atomic mass is 10.0. The highest BCUT2D eigenvalue weighted by Crippen LogP contribution is 2.35. The molecule has 182 valence electrons. The number of rotatable bonds is 6. The molecule has 0 radical (unpaired) electrons. The van der Waals surface area contributed by atoms with Crippen LogP contribution in [0.2, 0.25) is 0 Å². The van der Waals surface area contributed by atoms with Gasteiger partial charge in [-0.1, -0.05) is 49.0 Å². The SMILES string of the molecule is C=C(Nc1cncc(-c2cnc3[nH]nc(-c4cc5c(-c6ccsc6)cccc5[nH]4)c3c2)c1)c1ccccc1. The quantitative estimate of drug-likeness (QED) is 0.212. The molecular formula is C31H22N6S. The maximum absolute atomic E-state index is 4.66. The van der Waals surface area contributed by atoms with Gasteiger partial charge in [-0.15, -0.1) is 0 Å². The van der Waals surface area contributed by atoms with Crippen LogP contribution in [0.1, 0.15) is 5.56 Å². The first-order chi connectivity index (χ1) is 18.7. The number of hydrogen-bond acceptors (Lipinski definition) is 5. The molecule has 0 fully saturated rings. The molecule has 0 aliphatic heterocycles. The molecule has 0 aliphatic rings. The van der Waals surface area contributed by atoms with Gasteiger partial charge in [-0.05, 0) is 57.8 Å². The average molecular weight is 511 g/mol. The summed E-state index contributed by atoms with van der Waals surface area (Å²) in [4.78, 5) is 12.7. The third-order valence-electron chi connectivity index (χ3n) is 6.66. The minimum atomic E-state index is 0.736. The molecule has 6 nitrogen and oxygen atoms in total. The molecule has 0 unspecified atom stereocenters. The Bertz CT molecular complexity index is 1920. The highest BCUT2D eigenvalue weighted by molar-refractivity contribution is 7.08. The number of aromatic amines is 2. The van der Waals surface area contributed by atoms with Crippen LogP contribution in [0.25, 0.3) is 61.3 Å². The van der Waals surface area contributed by atoms with Crippen molar-refractivity contribution in [3.63, 3.8) is 0 Å². The highest BCUT2D eigenvalue weighted by Gasteiger charge is 2.15. The Hall–Kier alpha value is -5.01. The van der Waals surface area contributed by atoms with E-state index in [1.54, 1.807) is 17.5 Å². The largest absolute Gasteiger partial charge is 0.354 e. The number of thiophene rings is 1. The Labute approximate surface area is 222 Å². The first-order valence-electron chi connectivity index (χ1n) is 12.2. The number of benzene rings is 2. The number of H-pyrrole nitrogens is 2. The van der Waals surface area contributed by atoms with Crippen LogP contribution in [0.4, 0.5) is 5.69 Å². The standard InChI is InChI=1S/C31H22N6S/c1-19(20-6-3-2-4-7-20)34-24-12-22(15-32-17-24)23-13-27-30(36-37-31(27)33-16-23)29-14-26-25(21-10-11-38-18-21)8-5-9-28(26)35-29/h2-18,34-35H,1H2,(H,33,36,37). The Morgan fingerprint density at radius 2 is 1.74 bits per heavy atom. The second-order valence-corrected chi connectivity index (χ2v) is 9.87. The molecule has 7 aromatic rings. The van der Waals surface area contributed by atoms with Gasteiger partial charge in [-0.2, -0.15) is 16.4 Å². The van der Waals surface area contributed by atoms with Gasteiger partial charge in [0.15, 0.2) is 5.65 Å². The maximum Gasteiger partial charge on any atom is 0.155 e. The molecule has 7 rings (SSSR count). The zero-order chi connectivity index (χ0) is 25.5. The summed E-state index contributed by atoms with van der Waals surface area (Å²) >= 11 is 1.70. The number of nitrogens with zero attached hydrogens (tertiary/aromatic N) is 3. The van der Waals surface area contributed by atoms with Crippen molar-refractivity contribution < 1.29 is 0 Å². The minimum absolute atomic E-state index is 0.736. The fraction of sp³-hybridized carbons (Fsp3) is 0. The first kappa shape index (κ1) is 22.2. The van der Waals surface area contributed by atoms with Gasteiger partial charge in [-0.3, -0.25) is 10.1 Å². The van der Waals surface area contributed by atoms with E-state index in [4.69, 9.17) is 0 Å². The van der Waals surface area contributed by atoms with E-state index in [1.165, 1.54) is 16.5 Å². The molecule has 0 spiro atoms. The molecule has 0 aliphatic carbocycles. The average Bonchev–Trinajstić information content (AvgIpc) is 3.73. The van der Waals surface area contributed by atoms with Crippen LogP contribution < -0.4 is 5.32 Å². The number of anilines is 1. The third-order valence-corrected chi connectivity index (χ3v) is 7.34. The van der Waals surface area contributed by atoms with Crippen molar-refractivity contribution in [1.29, 1.82) is 0 Å². The fourth-order valence-electron chi connectivity index (χ4n) is 4.77. The summed E-state index contributed by atoms with van der Waals surface area (Å²) in [6, 6.07) is 24.9. The van der Waals surface area contributed by atoms with Crippen molar-refractivity contribution >= 4 is 44.7 Å². The van der Waals surface area contributed by atoms with E-state index in [2.05, 4.69) is 90.3 Å². The number of fused-ring (bicyclic) bond motifs is 2. The van der Waals surface area contributed by atoms with E-state index in [0.29, 0.717) is 0 Å². The number of nitrogens with one attached hydrogen (secondary N) is 3. The Morgan fingerprint density at radius 1 is 0.842 bits per heavy atom. The summed E-state index contributed by atoms with van der Waals surface area (Å²) in [5.74, 6) is 0. The molecule has 7 heteroatoms. The van der Waals surface area contributed by atoms with E-state index in [1.807, 2.05) is 42.7 Å². The molecule has 3 N–H and O–H groups in total. The molecule has 0 bridgehead atoms. The summed E-state index contributed by atoms with van der Waals surface area (Å²) in [5.41, 5.74) is 10.6. The summed E-state index contributed by atoms with van der Waals surface area (Å²) in [6.07, 6.45) is 5.48. The summed E-state index contributed by atoms with van der Waals surface area (Å²) in [6.45, 7) is 4.18. The van der Waals surface area contributed by atoms with E-state index >= 15 is 0 Å². The summed E-state index contributed by atoms with van der Waals surface area (Å²) in [7, 11) is 0. The van der Waals surface area contributed by atoms with E-state index in [-0.39, 0.29) is 0 Å². The van der Waals surface area contributed by atoms with E-state index in [9.17, 15) is 0 Å². The van der Waals surface area contributed by atoms with Gasteiger partial charge in [0.2, 0.25) is 0 Å². The first-order valence-corrected chi connectivity index (χ1v) is 13.1. The van der Waals surface area contributed by atoms with Crippen molar-refractivity contribution in [3.8, 4) is 33.6 Å². The van der Waals surface area contributed by atoms with E-state index < -0.39 is 0 Å². The molecule has 38 heavy (non-hydrogen) atoms. The van der Waals surface area contributed by atoms with Crippen LogP contribution >= 0.6 is 11.3 Å². The second-order valence-electron chi connectivity index (χ2n) is 9.09. The smallest absolute Gasteiger partial charge is 0.155 e. The predicted octanol–water partition coefficient (Wildman–Crippen LogP) is 7.98. The second kappa shape index (κ2) is 9.14. The van der Waals surface area contributed by atoms with Crippen LogP contribution in [0.15, 0.2) is 109 Å². The van der Waals surface area contributed by atoms with Crippen molar-refractivity contribution in [2.75, 3.05) is 5.32 Å². The molecule has 2 aromatic carbocycles. The van der Waals surface area contributed by atoms with Crippen LogP contribution in [0, 0.1) is 0 Å².